The molecule has 1 aliphatic rings. The molecule has 2 rings (SSSR count). The van der Waals surface area contributed by atoms with Crippen molar-refractivity contribution in [3.05, 3.63) is 28.7 Å². The fourth-order valence-electron chi connectivity index (χ4n) is 1.99. The molecule has 3 N–H and O–H groups in total. The maximum atomic E-state index is 12.3. The molecule has 1 unspecified atom stereocenters. The van der Waals surface area contributed by atoms with E-state index in [9.17, 15) is 8.42 Å². The summed E-state index contributed by atoms with van der Waals surface area (Å²) in [6.07, 6.45) is 2.08. The van der Waals surface area contributed by atoms with E-state index in [0.29, 0.717) is 12.5 Å². The van der Waals surface area contributed by atoms with Crippen molar-refractivity contribution in [2.75, 3.05) is 6.54 Å². The summed E-state index contributed by atoms with van der Waals surface area (Å²) >= 11 is 3.29. The molecule has 0 saturated heterocycles. The lowest BCUT2D eigenvalue weighted by Crippen LogP contribution is -2.52. The van der Waals surface area contributed by atoms with Gasteiger partial charge in [-0.15, -0.1) is 12.4 Å². The molecule has 4 nitrogen and oxygen atoms in total. The summed E-state index contributed by atoms with van der Waals surface area (Å²) in [7, 11) is -3.50. The lowest BCUT2D eigenvalue weighted by Gasteiger charge is -2.29. The topological polar surface area (TPSA) is 72.2 Å². The van der Waals surface area contributed by atoms with Crippen molar-refractivity contribution in [1.29, 1.82) is 0 Å². The van der Waals surface area contributed by atoms with Crippen molar-refractivity contribution in [1.82, 2.24) is 4.72 Å². The fraction of sp³-hybridized carbons (Fsp3) is 0.500. The summed E-state index contributed by atoms with van der Waals surface area (Å²) < 4.78 is 28.1. The van der Waals surface area contributed by atoms with Gasteiger partial charge in [0.1, 0.15) is 0 Å². The van der Waals surface area contributed by atoms with Crippen LogP contribution in [0.2, 0.25) is 0 Å². The average molecular weight is 370 g/mol. The predicted octanol–water partition coefficient (Wildman–Crippen LogP) is 2.28. The Morgan fingerprint density at radius 3 is 2.32 bits per heavy atom. The highest BCUT2D eigenvalue weighted by Gasteiger charge is 2.43. The first-order valence-corrected chi connectivity index (χ1v) is 8.15. The van der Waals surface area contributed by atoms with Crippen LogP contribution in [0, 0.1) is 5.92 Å². The molecular weight excluding hydrogens is 352 g/mol. The lowest BCUT2D eigenvalue weighted by atomic mass is 9.98. The van der Waals surface area contributed by atoms with Crippen LogP contribution in [0.25, 0.3) is 0 Å². The van der Waals surface area contributed by atoms with E-state index in [1.54, 1.807) is 24.3 Å². The summed E-state index contributed by atoms with van der Waals surface area (Å²) in [4.78, 5) is 0.269. The minimum absolute atomic E-state index is 0. The largest absolute Gasteiger partial charge is 0.329 e. The minimum atomic E-state index is -3.50. The molecule has 1 aliphatic carbocycles. The molecule has 19 heavy (non-hydrogen) atoms. The van der Waals surface area contributed by atoms with Gasteiger partial charge in [-0.05, 0) is 49.9 Å². The SMILES string of the molecule is CC(CN)(NS(=O)(=O)c1ccc(Br)cc1)C1CC1.Cl. The normalized spacial score (nSPS) is 18.5. The van der Waals surface area contributed by atoms with Gasteiger partial charge >= 0.3 is 0 Å². The molecule has 108 valence electrons. The van der Waals surface area contributed by atoms with E-state index >= 15 is 0 Å². The van der Waals surface area contributed by atoms with Crippen molar-refractivity contribution >= 4 is 38.4 Å². The fourth-order valence-corrected chi connectivity index (χ4v) is 3.73. The van der Waals surface area contributed by atoms with Crippen molar-refractivity contribution in [2.45, 2.75) is 30.2 Å². The van der Waals surface area contributed by atoms with Gasteiger partial charge in [0.2, 0.25) is 10.0 Å². The standard InChI is InChI=1S/C12H17BrN2O2S.ClH/c1-12(8-14,9-2-3-9)15-18(16,17)11-6-4-10(13)5-7-11;/h4-7,9,15H,2-3,8,14H2,1H3;1H. The van der Waals surface area contributed by atoms with Crippen molar-refractivity contribution < 1.29 is 8.42 Å². The second kappa shape index (κ2) is 6.10. The van der Waals surface area contributed by atoms with Crippen molar-refractivity contribution in [3.63, 3.8) is 0 Å². The molecule has 0 bridgehead atoms. The Kier molecular flexibility index (Phi) is 5.43. The number of benzene rings is 1. The van der Waals surface area contributed by atoms with Crippen LogP contribution in [0.15, 0.2) is 33.6 Å². The van der Waals surface area contributed by atoms with Gasteiger partial charge in [-0.25, -0.2) is 13.1 Å². The van der Waals surface area contributed by atoms with Crippen LogP contribution in [-0.4, -0.2) is 20.5 Å². The van der Waals surface area contributed by atoms with Gasteiger partial charge in [0.15, 0.2) is 0 Å². The van der Waals surface area contributed by atoms with Gasteiger partial charge < -0.3 is 5.73 Å². The zero-order valence-corrected chi connectivity index (χ0v) is 13.8. The smallest absolute Gasteiger partial charge is 0.241 e. The van der Waals surface area contributed by atoms with E-state index in [4.69, 9.17) is 5.73 Å². The van der Waals surface area contributed by atoms with Crippen LogP contribution < -0.4 is 10.5 Å². The monoisotopic (exact) mass is 368 g/mol. The Morgan fingerprint density at radius 1 is 1.37 bits per heavy atom. The van der Waals surface area contributed by atoms with Gasteiger partial charge in [0, 0.05) is 16.6 Å². The Morgan fingerprint density at radius 2 is 1.89 bits per heavy atom. The Hall–Kier alpha value is -0.140. The molecule has 0 radical (unpaired) electrons. The maximum absolute atomic E-state index is 12.3. The summed E-state index contributed by atoms with van der Waals surface area (Å²) in [6.45, 7) is 2.19. The number of sulfonamides is 1. The van der Waals surface area contributed by atoms with Gasteiger partial charge in [-0.3, -0.25) is 0 Å². The first kappa shape index (κ1) is 16.9. The van der Waals surface area contributed by atoms with Crippen LogP contribution in [0.1, 0.15) is 19.8 Å². The van der Waals surface area contributed by atoms with E-state index < -0.39 is 15.6 Å². The van der Waals surface area contributed by atoms with Gasteiger partial charge in [-0.1, -0.05) is 15.9 Å². The first-order chi connectivity index (χ1) is 8.37. The summed E-state index contributed by atoms with van der Waals surface area (Å²) in [5.41, 5.74) is 5.19. The Balaban J connectivity index is 0.00000180. The van der Waals surface area contributed by atoms with Gasteiger partial charge in [0.05, 0.1) is 4.90 Å². The number of hydrogen-bond acceptors (Lipinski definition) is 3. The molecule has 7 heteroatoms. The zero-order valence-electron chi connectivity index (χ0n) is 10.6. The third kappa shape index (κ3) is 3.92. The number of hydrogen-bond donors (Lipinski definition) is 2. The quantitative estimate of drug-likeness (QED) is 0.836. The molecule has 1 aromatic carbocycles. The Bertz CT molecular complexity index is 531. The highest BCUT2D eigenvalue weighted by molar-refractivity contribution is 9.10. The summed E-state index contributed by atoms with van der Waals surface area (Å²) in [5.74, 6) is 0.354. The first-order valence-electron chi connectivity index (χ1n) is 5.87. The molecule has 1 fully saturated rings. The van der Waals surface area contributed by atoms with Crippen molar-refractivity contribution in [2.24, 2.45) is 11.7 Å². The van der Waals surface area contributed by atoms with Crippen molar-refractivity contribution in [3.8, 4) is 0 Å². The number of halogens is 2. The molecule has 0 amide bonds. The zero-order chi connectivity index (χ0) is 13.4. The third-order valence-corrected chi connectivity index (χ3v) is 5.55. The highest BCUT2D eigenvalue weighted by Crippen LogP contribution is 2.39. The molecule has 0 aromatic heterocycles. The number of nitrogens with two attached hydrogens (primary N) is 1. The highest BCUT2D eigenvalue weighted by atomic mass is 79.9. The third-order valence-electron chi connectivity index (χ3n) is 3.39. The van der Waals surface area contributed by atoms with E-state index in [-0.39, 0.29) is 17.3 Å². The maximum Gasteiger partial charge on any atom is 0.241 e. The van der Waals surface area contributed by atoms with E-state index in [1.165, 1.54) is 0 Å². The summed E-state index contributed by atoms with van der Waals surface area (Å²) in [5, 5.41) is 0. The van der Waals surface area contributed by atoms with Gasteiger partial charge in [0.25, 0.3) is 0 Å². The second-order valence-corrected chi connectivity index (χ2v) is 7.55. The molecule has 1 saturated carbocycles. The molecular formula is C12H18BrClN2O2S. The number of rotatable bonds is 5. The summed E-state index contributed by atoms with van der Waals surface area (Å²) in [6, 6.07) is 6.59. The average Bonchev–Trinajstić information content (AvgIpc) is 3.13. The lowest BCUT2D eigenvalue weighted by molar-refractivity contribution is 0.374. The van der Waals surface area contributed by atoms with Gasteiger partial charge in [-0.2, -0.15) is 0 Å². The Labute approximate surface area is 128 Å². The van der Waals surface area contributed by atoms with E-state index in [1.807, 2.05) is 6.92 Å². The molecule has 0 spiro atoms. The molecule has 1 atom stereocenters. The minimum Gasteiger partial charge on any atom is -0.329 e. The molecule has 0 heterocycles. The van der Waals surface area contributed by atoms with Crippen LogP contribution >= 0.6 is 28.3 Å². The van der Waals surface area contributed by atoms with Crippen LogP contribution in [0.3, 0.4) is 0 Å². The van der Waals surface area contributed by atoms with E-state index in [2.05, 4.69) is 20.7 Å². The molecule has 1 aromatic rings. The van der Waals surface area contributed by atoms with Crippen LogP contribution in [-0.2, 0) is 10.0 Å². The second-order valence-electron chi connectivity index (χ2n) is 4.96. The predicted molar refractivity (Wildman–Crippen MR) is 81.9 cm³/mol. The molecule has 0 aliphatic heterocycles. The number of nitrogens with one attached hydrogen (secondary N) is 1. The van der Waals surface area contributed by atoms with Crippen LogP contribution in [0.4, 0.5) is 0 Å². The van der Waals surface area contributed by atoms with Crippen LogP contribution in [0.5, 0.6) is 0 Å². The van der Waals surface area contributed by atoms with E-state index in [0.717, 1.165) is 17.3 Å².